The number of hydrogen-bond donors (Lipinski definition) is 4. The number of benzene rings is 2. The van der Waals surface area contributed by atoms with Crippen LogP contribution in [0, 0.1) is 17.5 Å². The maximum Gasteiger partial charge on any atom is 0.194 e. The van der Waals surface area contributed by atoms with Crippen molar-refractivity contribution in [2.45, 2.75) is 74.3 Å². The lowest BCUT2D eigenvalue weighted by molar-refractivity contribution is -0.179. The van der Waals surface area contributed by atoms with Crippen LogP contribution in [0.4, 0.5) is 13.2 Å². The summed E-state index contributed by atoms with van der Waals surface area (Å²) in [6, 6.07) is 8.04. The fourth-order valence-electron chi connectivity index (χ4n) is 4.79. The number of aryl methyl sites for hydroxylation is 1. The molecule has 6 atom stereocenters. The van der Waals surface area contributed by atoms with Gasteiger partial charge in [0, 0.05) is 5.56 Å². The van der Waals surface area contributed by atoms with Crippen LogP contribution < -0.4 is 0 Å². The van der Waals surface area contributed by atoms with Crippen LogP contribution in [-0.4, -0.2) is 71.4 Å². The van der Waals surface area contributed by atoms with Crippen LogP contribution in [-0.2, 0) is 11.2 Å². The van der Waals surface area contributed by atoms with Crippen LogP contribution in [0.15, 0.2) is 42.6 Å². The number of rotatable bonds is 9. The van der Waals surface area contributed by atoms with Crippen molar-refractivity contribution in [1.29, 1.82) is 0 Å². The molecule has 4 N–H and O–H groups in total. The van der Waals surface area contributed by atoms with Crippen LogP contribution >= 0.6 is 11.8 Å². The molecule has 0 aliphatic carbocycles. The molecule has 0 bridgehead atoms. The van der Waals surface area contributed by atoms with E-state index >= 15 is 0 Å². The summed E-state index contributed by atoms with van der Waals surface area (Å²) in [5, 5.41) is 50.6. The van der Waals surface area contributed by atoms with Gasteiger partial charge in [-0.05, 0) is 43.5 Å². The van der Waals surface area contributed by atoms with Crippen molar-refractivity contribution in [1.82, 2.24) is 15.0 Å². The number of nitrogens with zero attached hydrogens (tertiary/aromatic N) is 3. The number of ether oxygens (including phenoxy) is 1. The van der Waals surface area contributed by atoms with Crippen LogP contribution in [0.1, 0.15) is 49.6 Å². The molecule has 1 aliphatic rings. The third-order valence-corrected chi connectivity index (χ3v) is 8.47. The first kappa shape index (κ1) is 29.5. The van der Waals surface area contributed by atoms with E-state index in [4.69, 9.17) is 4.74 Å². The molecule has 2 heterocycles. The minimum absolute atomic E-state index is 0.0219. The molecule has 1 fully saturated rings. The predicted molar refractivity (Wildman–Crippen MR) is 139 cm³/mol. The molecule has 3 aromatic rings. The normalized spacial score (nSPS) is 24.6. The van der Waals surface area contributed by atoms with Gasteiger partial charge < -0.3 is 25.2 Å². The Balaban J connectivity index is 1.67. The summed E-state index contributed by atoms with van der Waals surface area (Å²) in [4.78, 5) is 0. The van der Waals surface area contributed by atoms with Crippen LogP contribution in [0.3, 0.4) is 0 Å². The maximum atomic E-state index is 13.8. The number of aliphatic hydroxyl groups is 4. The first-order chi connectivity index (χ1) is 18.5. The second kappa shape index (κ2) is 11.9. The average Bonchev–Trinajstić information content (AvgIpc) is 3.36. The van der Waals surface area contributed by atoms with Gasteiger partial charge in [0.15, 0.2) is 17.5 Å². The quantitative estimate of drug-likeness (QED) is 0.290. The Morgan fingerprint density at radius 3 is 2.38 bits per heavy atom. The van der Waals surface area contributed by atoms with E-state index in [-0.39, 0.29) is 11.3 Å². The lowest BCUT2D eigenvalue weighted by Crippen LogP contribution is -2.55. The summed E-state index contributed by atoms with van der Waals surface area (Å²) in [5.74, 6) is -4.42. The van der Waals surface area contributed by atoms with E-state index < -0.39 is 64.7 Å². The van der Waals surface area contributed by atoms with Gasteiger partial charge >= 0.3 is 0 Å². The lowest BCUT2D eigenvalue weighted by atomic mass is 9.92. The molecule has 0 unspecified atom stereocenters. The van der Waals surface area contributed by atoms with E-state index in [1.54, 1.807) is 13.8 Å². The molecule has 12 heteroatoms. The highest BCUT2D eigenvalue weighted by Gasteiger charge is 2.48. The van der Waals surface area contributed by atoms with Gasteiger partial charge in [-0.15, -0.1) is 16.9 Å². The van der Waals surface area contributed by atoms with Crippen molar-refractivity contribution in [2.24, 2.45) is 0 Å². The molecule has 1 aromatic heterocycles. The van der Waals surface area contributed by atoms with E-state index in [1.165, 1.54) is 6.20 Å². The molecular weight excluding hydrogens is 535 g/mol. The van der Waals surface area contributed by atoms with E-state index in [0.29, 0.717) is 0 Å². The van der Waals surface area contributed by atoms with Gasteiger partial charge in [0.2, 0.25) is 0 Å². The van der Waals surface area contributed by atoms with E-state index in [9.17, 15) is 33.6 Å². The van der Waals surface area contributed by atoms with Crippen molar-refractivity contribution >= 4 is 11.8 Å². The number of thioether (sulfide) groups is 1. The van der Waals surface area contributed by atoms with E-state index in [2.05, 4.69) is 17.2 Å². The van der Waals surface area contributed by atoms with Crippen LogP contribution in [0.5, 0.6) is 0 Å². The highest BCUT2D eigenvalue weighted by atomic mass is 32.2. The molecular formula is C27H32F3N3O5S. The lowest BCUT2D eigenvalue weighted by Gasteiger charge is -2.44. The largest absolute Gasteiger partial charge is 0.394 e. The first-order valence-corrected chi connectivity index (χ1v) is 13.5. The van der Waals surface area contributed by atoms with Gasteiger partial charge in [-0.3, -0.25) is 0 Å². The topological polar surface area (TPSA) is 121 Å². The number of hydrogen-bond acceptors (Lipinski definition) is 8. The highest BCUT2D eigenvalue weighted by Crippen LogP contribution is 2.47. The van der Waals surface area contributed by atoms with E-state index in [0.717, 1.165) is 52.5 Å². The van der Waals surface area contributed by atoms with Crippen LogP contribution in [0.25, 0.3) is 11.3 Å². The fourth-order valence-corrected chi connectivity index (χ4v) is 6.30. The fraction of sp³-hybridized carbons (Fsp3) is 0.481. The molecule has 39 heavy (non-hydrogen) atoms. The Hall–Kier alpha value is -2.48. The smallest absolute Gasteiger partial charge is 0.194 e. The Morgan fingerprint density at radius 2 is 1.77 bits per heavy atom. The molecule has 212 valence electrons. The Kier molecular flexibility index (Phi) is 9.04. The number of halogens is 3. The summed E-state index contributed by atoms with van der Waals surface area (Å²) >= 11 is 1.16. The molecule has 4 rings (SSSR count). The summed E-state index contributed by atoms with van der Waals surface area (Å²) in [6.07, 6.45) is -1.00. The maximum absolute atomic E-state index is 13.8. The minimum atomic E-state index is -1.62. The number of aromatic nitrogens is 3. The highest BCUT2D eigenvalue weighted by molar-refractivity contribution is 8.00. The molecule has 1 aliphatic heterocycles. The van der Waals surface area contributed by atoms with Gasteiger partial charge in [0.1, 0.15) is 35.5 Å². The standard InChI is InChI=1S/C27H32F3N3O5S/c1-4-7-14-8-5-6-9-16(14)25(27(2,3)37)39-26-24(36)22(23(35)20(13-34)38-26)33-12-19(31-32-33)15-10-17(28)21(30)18(29)11-15/h5-6,8-12,20,22-26,34-37H,4,7,13H2,1-3H3/t20-,22+,23+,24-,25-,26+/m1/s1. The first-order valence-electron chi connectivity index (χ1n) is 12.6. The Bertz CT molecular complexity index is 1260. The minimum Gasteiger partial charge on any atom is -0.394 e. The summed E-state index contributed by atoms with van der Waals surface area (Å²) < 4.78 is 48.0. The van der Waals surface area contributed by atoms with Gasteiger partial charge in [0.05, 0.1) is 23.7 Å². The van der Waals surface area contributed by atoms with E-state index in [1.807, 2.05) is 24.3 Å². The summed E-state index contributed by atoms with van der Waals surface area (Å²) in [7, 11) is 0. The zero-order valence-corrected chi connectivity index (χ0v) is 22.5. The number of aliphatic hydroxyl groups excluding tert-OH is 3. The molecule has 0 radical (unpaired) electrons. The molecule has 0 saturated carbocycles. The Morgan fingerprint density at radius 1 is 1.10 bits per heavy atom. The third-order valence-electron chi connectivity index (χ3n) is 6.71. The Labute approximate surface area is 228 Å². The summed E-state index contributed by atoms with van der Waals surface area (Å²) in [5.41, 5.74) is -0.455. The third kappa shape index (κ3) is 6.16. The zero-order chi connectivity index (χ0) is 28.5. The monoisotopic (exact) mass is 567 g/mol. The summed E-state index contributed by atoms with van der Waals surface area (Å²) in [6.45, 7) is 4.79. The van der Waals surface area contributed by atoms with Crippen molar-refractivity contribution < 1.29 is 38.3 Å². The van der Waals surface area contributed by atoms with Gasteiger partial charge in [-0.2, -0.15) is 0 Å². The van der Waals surface area contributed by atoms with Crippen molar-refractivity contribution in [2.75, 3.05) is 6.61 Å². The second-order valence-corrected chi connectivity index (χ2v) is 11.4. The molecule has 0 amide bonds. The van der Waals surface area contributed by atoms with Crippen molar-refractivity contribution in [3.63, 3.8) is 0 Å². The van der Waals surface area contributed by atoms with Crippen molar-refractivity contribution in [3.8, 4) is 11.3 Å². The second-order valence-electron chi connectivity index (χ2n) is 10.2. The molecule has 2 aromatic carbocycles. The van der Waals surface area contributed by atoms with Gasteiger partial charge in [0.25, 0.3) is 0 Å². The van der Waals surface area contributed by atoms with Gasteiger partial charge in [-0.25, -0.2) is 17.9 Å². The predicted octanol–water partition coefficient (Wildman–Crippen LogP) is 3.54. The molecule has 1 saturated heterocycles. The van der Waals surface area contributed by atoms with Gasteiger partial charge in [-0.1, -0.05) is 42.8 Å². The van der Waals surface area contributed by atoms with Crippen molar-refractivity contribution in [3.05, 3.63) is 71.2 Å². The molecule has 8 nitrogen and oxygen atoms in total. The molecule has 0 spiro atoms. The average molecular weight is 568 g/mol. The SMILES string of the molecule is CCCc1ccccc1[C@@H](S[C@@H]1O[C@H](CO)[C@H](O)[C@H](n2cc(-c3cc(F)c(F)c(F)c3)nn2)[C@H]1O)C(C)(C)O. The zero-order valence-electron chi connectivity index (χ0n) is 21.7. The van der Waals surface area contributed by atoms with Crippen LogP contribution in [0.2, 0.25) is 0 Å².